The molecule has 160 valence electrons. The maximum atomic E-state index is 13.5. The number of benzene rings is 2. The highest BCUT2D eigenvalue weighted by atomic mass is 16.2. The minimum Gasteiger partial charge on any atom is -0.339 e. The molecule has 0 spiro atoms. The summed E-state index contributed by atoms with van der Waals surface area (Å²) in [5.74, 6) is 1.24. The van der Waals surface area contributed by atoms with Gasteiger partial charge >= 0.3 is 0 Å². The van der Waals surface area contributed by atoms with E-state index in [2.05, 4.69) is 24.0 Å². The zero-order valence-corrected chi connectivity index (χ0v) is 18.6. The molecular weight excluding hydrogens is 384 g/mol. The maximum Gasteiger partial charge on any atom is 0.259 e. The molecular formula is C26H30N4O. The van der Waals surface area contributed by atoms with Gasteiger partial charge in [0.15, 0.2) is 5.82 Å². The van der Waals surface area contributed by atoms with Crippen LogP contribution >= 0.6 is 0 Å². The average Bonchev–Trinajstić information content (AvgIpc) is 2.83. The highest BCUT2D eigenvalue weighted by Gasteiger charge is 2.27. The van der Waals surface area contributed by atoms with Crippen LogP contribution in [0.15, 0.2) is 60.8 Å². The third kappa shape index (κ3) is 4.61. The van der Waals surface area contributed by atoms with Crippen molar-refractivity contribution in [2.45, 2.75) is 45.1 Å². The zero-order valence-electron chi connectivity index (χ0n) is 18.6. The summed E-state index contributed by atoms with van der Waals surface area (Å²) in [7, 11) is 3.87. The molecule has 0 unspecified atom stereocenters. The van der Waals surface area contributed by atoms with Gasteiger partial charge in [0, 0.05) is 37.6 Å². The van der Waals surface area contributed by atoms with Gasteiger partial charge in [-0.15, -0.1) is 0 Å². The Kier molecular flexibility index (Phi) is 6.31. The van der Waals surface area contributed by atoms with Crippen LogP contribution in [-0.2, 0) is 0 Å². The minimum absolute atomic E-state index is 0.0135. The number of para-hydroxylation sites is 1. The normalized spacial score (nSPS) is 14.3. The highest BCUT2D eigenvalue weighted by Crippen LogP contribution is 2.30. The van der Waals surface area contributed by atoms with Gasteiger partial charge in [0.1, 0.15) is 11.4 Å². The molecule has 0 N–H and O–H groups in total. The van der Waals surface area contributed by atoms with Crippen molar-refractivity contribution in [3.8, 4) is 11.4 Å². The first-order valence-corrected chi connectivity index (χ1v) is 11.0. The lowest BCUT2D eigenvalue weighted by Crippen LogP contribution is -2.39. The summed E-state index contributed by atoms with van der Waals surface area (Å²) in [5.41, 5.74) is 3.61. The molecule has 1 aliphatic carbocycles. The van der Waals surface area contributed by atoms with Gasteiger partial charge in [-0.1, -0.05) is 61.2 Å². The van der Waals surface area contributed by atoms with E-state index >= 15 is 0 Å². The van der Waals surface area contributed by atoms with Crippen LogP contribution in [0.3, 0.4) is 0 Å². The van der Waals surface area contributed by atoms with E-state index in [9.17, 15) is 4.79 Å². The molecule has 3 aromatic rings. The molecule has 31 heavy (non-hydrogen) atoms. The van der Waals surface area contributed by atoms with Crippen LogP contribution in [0.2, 0.25) is 0 Å². The summed E-state index contributed by atoms with van der Waals surface area (Å²) in [6.07, 6.45) is 7.45. The third-order valence-corrected chi connectivity index (χ3v) is 6.18. The average molecular weight is 415 g/mol. The molecule has 1 fully saturated rings. The Morgan fingerprint density at radius 3 is 2.42 bits per heavy atom. The predicted octanol–water partition coefficient (Wildman–Crippen LogP) is 5.62. The molecule has 1 aliphatic rings. The maximum absolute atomic E-state index is 13.5. The number of nitrogens with zero attached hydrogens (tertiary/aromatic N) is 4. The van der Waals surface area contributed by atoms with Gasteiger partial charge in [0.25, 0.3) is 5.91 Å². The second-order valence-electron chi connectivity index (χ2n) is 8.40. The van der Waals surface area contributed by atoms with Crippen LogP contribution < -0.4 is 4.90 Å². The molecule has 2 aromatic carbocycles. The number of aromatic nitrogens is 2. The minimum atomic E-state index is -0.0135. The Morgan fingerprint density at radius 2 is 1.71 bits per heavy atom. The van der Waals surface area contributed by atoms with Crippen LogP contribution in [0.4, 0.5) is 11.5 Å². The van der Waals surface area contributed by atoms with Gasteiger partial charge in [-0.25, -0.2) is 9.97 Å². The Hall–Kier alpha value is -3.21. The Balaban J connectivity index is 1.75. The first-order chi connectivity index (χ1) is 15.0. The van der Waals surface area contributed by atoms with Gasteiger partial charge < -0.3 is 9.80 Å². The molecule has 0 saturated heterocycles. The highest BCUT2D eigenvalue weighted by molar-refractivity contribution is 5.99. The van der Waals surface area contributed by atoms with Crippen LogP contribution in [0, 0.1) is 6.92 Å². The van der Waals surface area contributed by atoms with Gasteiger partial charge in [-0.2, -0.15) is 0 Å². The molecule has 5 nitrogen and oxygen atoms in total. The largest absolute Gasteiger partial charge is 0.339 e. The fraction of sp³-hybridized carbons (Fsp3) is 0.346. The van der Waals surface area contributed by atoms with E-state index in [4.69, 9.17) is 4.98 Å². The summed E-state index contributed by atoms with van der Waals surface area (Å²) in [5, 5.41) is 0. The lowest BCUT2D eigenvalue weighted by Gasteiger charge is -2.32. The van der Waals surface area contributed by atoms with Crippen LogP contribution in [0.5, 0.6) is 0 Å². The van der Waals surface area contributed by atoms with E-state index < -0.39 is 0 Å². The van der Waals surface area contributed by atoms with Crippen molar-refractivity contribution >= 4 is 17.4 Å². The first-order valence-electron chi connectivity index (χ1n) is 11.0. The monoisotopic (exact) mass is 414 g/mol. The van der Waals surface area contributed by atoms with E-state index in [1.54, 1.807) is 6.20 Å². The van der Waals surface area contributed by atoms with E-state index in [-0.39, 0.29) is 11.9 Å². The topological polar surface area (TPSA) is 49.3 Å². The number of amides is 1. The first kappa shape index (κ1) is 21.0. The quantitative estimate of drug-likeness (QED) is 0.543. The van der Waals surface area contributed by atoms with Crippen molar-refractivity contribution in [3.05, 3.63) is 71.9 Å². The van der Waals surface area contributed by atoms with Crippen molar-refractivity contribution in [2.24, 2.45) is 0 Å². The third-order valence-electron chi connectivity index (χ3n) is 6.18. The molecule has 1 saturated carbocycles. The number of hydrogen-bond acceptors (Lipinski definition) is 4. The number of rotatable bonds is 5. The second kappa shape index (κ2) is 9.29. The second-order valence-corrected chi connectivity index (χ2v) is 8.40. The summed E-state index contributed by atoms with van der Waals surface area (Å²) in [6, 6.07) is 18.4. The van der Waals surface area contributed by atoms with Crippen molar-refractivity contribution in [1.29, 1.82) is 0 Å². The molecule has 4 rings (SSSR count). The van der Waals surface area contributed by atoms with E-state index in [1.165, 1.54) is 19.3 Å². The molecule has 5 heteroatoms. The predicted molar refractivity (Wildman–Crippen MR) is 126 cm³/mol. The smallest absolute Gasteiger partial charge is 0.259 e. The molecule has 0 atom stereocenters. The van der Waals surface area contributed by atoms with E-state index in [1.807, 2.05) is 66.4 Å². The standard InChI is InChI=1S/C26H30N4O/c1-19-11-10-12-20(17-19)24-27-18-23(26(31)30(3)22-15-8-5-9-16-22)25(28-24)29(2)21-13-6-4-7-14-21/h4,6-7,10-14,17-18,22H,5,8-9,15-16H2,1-3H3. The lowest BCUT2D eigenvalue weighted by molar-refractivity contribution is 0.0696. The Labute approximate surface area is 184 Å². The van der Waals surface area contributed by atoms with Crippen LogP contribution in [0.1, 0.15) is 48.0 Å². The number of hydrogen-bond donors (Lipinski definition) is 0. The molecule has 0 aliphatic heterocycles. The number of carbonyl (C=O) groups excluding carboxylic acids is 1. The molecule has 1 aromatic heterocycles. The fourth-order valence-electron chi connectivity index (χ4n) is 4.30. The van der Waals surface area contributed by atoms with Gasteiger partial charge in [-0.05, 0) is 38.0 Å². The summed E-state index contributed by atoms with van der Waals surface area (Å²) in [4.78, 5) is 26.9. The number of aryl methyl sites for hydroxylation is 1. The summed E-state index contributed by atoms with van der Waals surface area (Å²) >= 11 is 0. The fourth-order valence-corrected chi connectivity index (χ4v) is 4.30. The summed E-state index contributed by atoms with van der Waals surface area (Å²) < 4.78 is 0. The van der Waals surface area contributed by atoms with Crippen molar-refractivity contribution in [1.82, 2.24) is 14.9 Å². The van der Waals surface area contributed by atoms with Gasteiger partial charge in [0.05, 0.1) is 0 Å². The number of anilines is 2. The lowest BCUT2D eigenvalue weighted by atomic mass is 9.94. The van der Waals surface area contributed by atoms with Crippen LogP contribution in [-0.4, -0.2) is 40.9 Å². The van der Waals surface area contributed by atoms with Crippen molar-refractivity contribution in [2.75, 3.05) is 19.0 Å². The van der Waals surface area contributed by atoms with Crippen LogP contribution in [0.25, 0.3) is 11.4 Å². The van der Waals surface area contributed by atoms with Gasteiger partial charge in [0.2, 0.25) is 0 Å². The Bertz CT molecular complexity index is 1040. The number of carbonyl (C=O) groups is 1. The zero-order chi connectivity index (χ0) is 21.8. The SMILES string of the molecule is Cc1cccc(-c2ncc(C(=O)N(C)C3CCCCC3)c(N(C)c3ccccc3)n2)c1. The van der Waals surface area contributed by atoms with Gasteiger partial charge in [-0.3, -0.25) is 4.79 Å². The van der Waals surface area contributed by atoms with Crippen molar-refractivity contribution < 1.29 is 4.79 Å². The van der Waals surface area contributed by atoms with E-state index in [0.29, 0.717) is 17.2 Å². The van der Waals surface area contributed by atoms with E-state index in [0.717, 1.165) is 29.7 Å². The molecule has 1 heterocycles. The molecule has 0 radical (unpaired) electrons. The summed E-state index contributed by atoms with van der Waals surface area (Å²) in [6.45, 7) is 2.05. The molecule has 1 amide bonds. The van der Waals surface area contributed by atoms with Crippen molar-refractivity contribution in [3.63, 3.8) is 0 Å². The molecule has 0 bridgehead atoms. The Morgan fingerprint density at radius 1 is 0.968 bits per heavy atom.